The van der Waals surface area contributed by atoms with Gasteiger partial charge in [0.05, 0.1) is 48.8 Å². The van der Waals surface area contributed by atoms with Crippen LogP contribution in [0.25, 0.3) is 0 Å². The van der Waals surface area contributed by atoms with Crippen molar-refractivity contribution in [2.45, 2.75) is 52.1 Å². The number of benzene rings is 4. The van der Waals surface area contributed by atoms with Gasteiger partial charge in [0.15, 0.2) is 28.8 Å². The Morgan fingerprint density at radius 1 is 0.482 bits per heavy atom. The highest BCUT2D eigenvalue weighted by Crippen LogP contribution is 2.29. The number of aryl methyl sites for hydroxylation is 1. The highest BCUT2D eigenvalue weighted by molar-refractivity contribution is 5.97. The van der Waals surface area contributed by atoms with Crippen molar-refractivity contribution in [3.63, 3.8) is 0 Å². The molecule has 56 heavy (non-hydrogen) atoms. The second-order valence-corrected chi connectivity index (χ2v) is 12.3. The maximum absolute atomic E-state index is 10.8. The Morgan fingerprint density at radius 2 is 0.839 bits per heavy atom. The summed E-state index contributed by atoms with van der Waals surface area (Å²) in [6.07, 6.45) is 0.296. The van der Waals surface area contributed by atoms with Gasteiger partial charge in [-0.3, -0.25) is 14.4 Å². The smallest absolute Gasteiger partial charge is 0.160 e. The van der Waals surface area contributed by atoms with Gasteiger partial charge in [-0.15, -0.1) is 0 Å². The van der Waals surface area contributed by atoms with Gasteiger partial charge in [0.1, 0.15) is 41.7 Å². The minimum atomic E-state index is 0.0186. The molecule has 2 aliphatic heterocycles. The summed E-state index contributed by atoms with van der Waals surface area (Å²) in [5.41, 5.74) is 3.08. The fourth-order valence-corrected chi connectivity index (χ4v) is 5.36. The molecule has 0 N–H and O–H groups in total. The van der Waals surface area contributed by atoms with Gasteiger partial charge in [0.25, 0.3) is 0 Å². The van der Waals surface area contributed by atoms with Gasteiger partial charge in [-0.05, 0) is 87.9 Å². The molecule has 0 aromatic heterocycles. The van der Waals surface area contributed by atoms with Crippen molar-refractivity contribution >= 4 is 17.3 Å². The normalized spacial score (nSPS) is 17.3. The first-order chi connectivity index (χ1) is 26.9. The monoisotopic (exact) mass is 776 g/mol. The molecular formula is C44H56O12. The van der Waals surface area contributed by atoms with Gasteiger partial charge in [-0.1, -0.05) is 36.4 Å². The topological polar surface area (TPSA) is 134 Å². The summed E-state index contributed by atoms with van der Waals surface area (Å²) in [6.45, 7) is 7.77. The van der Waals surface area contributed by atoms with E-state index in [1.54, 1.807) is 105 Å². The molecule has 0 saturated carbocycles. The Balaban J connectivity index is 0.000000242. The lowest BCUT2D eigenvalue weighted by Gasteiger charge is -2.14. The molecule has 0 aliphatic carbocycles. The van der Waals surface area contributed by atoms with Crippen LogP contribution in [-0.2, 0) is 18.9 Å². The second kappa shape index (κ2) is 25.0. The predicted octanol–water partition coefficient (Wildman–Crippen LogP) is 7.52. The predicted molar refractivity (Wildman–Crippen MR) is 214 cm³/mol. The van der Waals surface area contributed by atoms with Crippen LogP contribution in [0.4, 0.5) is 0 Å². The van der Waals surface area contributed by atoms with Crippen LogP contribution in [0.1, 0.15) is 57.4 Å². The zero-order valence-corrected chi connectivity index (χ0v) is 34.3. The molecule has 2 heterocycles. The Bertz CT molecular complexity index is 1700. The number of fused-ring (bicyclic) bond motifs is 1. The molecule has 0 bridgehead atoms. The van der Waals surface area contributed by atoms with E-state index in [2.05, 4.69) is 0 Å². The van der Waals surface area contributed by atoms with Crippen LogP contribution in [0.3, 0.4) is 0 Å². The van der Waals surface area contributed by atoms with E-state index in [4.69, 9.17) is 42.6 Å². The van der Waals surface area contributed by atoms with Crippen LogP contribution in [0.15, 0.2) is 91.0 Å². The number of carbonyl (C=O) groups excluding carboxylic acids is 3. The third kappa shape index (κ3) is 14.8. The van der Waals surface area contributed by atoms with E-state index in [1.807, 2.05) is 49.4 Å². The molecule has 12 nitrogen and oxygen atoms in total. The number of ether oxygens (including phenoxy) is 9. The van der Waals surface area contributed by atoms with E-state index in [9.17, 15) is 14.4 Å². The van der Waals surface area contributed by atoms with Gasteiger partial charge >= 0.3 is 0 Å². The number of hydrogen-bond acceptors (Lipinski definition) is 12. The number of hydrogen-bond donors (Lipinski definition) is 0. The van der Waals surface area contributed by atoms with E-state index in [0.717, 1.165) is 34.3 Å². The number of carbonyl (C=O) groups is 3. The van der Waals surface area contributed by atoms with Crippen molar-refractivity contribution in [2.75, 3.05) is 63.0 Å². The fourth-order valence-electron chi connectivity index (χ4n) is 5.36. The van der Waals surface area contributed by atoms with Crippen molar-refractivity contribution in [1.82, 2.24) is 0 Å². The van der Waals surface area contributed by atoms with E-state index in [0.29, 0.717) is 29.9 Å². The van der Waals surface area contributed by atoms with Crippen LogP contribution < -0.4 is 23.7 Å². The molecular weight excluding hydrogens is 720 g/mol. The van der Waals surface area contributed by atoms with E-state index >= 15 is 0 Å². The Morgan fingerprint density at radius 3 is 1.14 bits per heavy atom. The molecule has 6 rings (SSSR count). The molecule has 2 saturated heterocycles. The summed E-state index contributed by atoms with van der Waals surface area (Å²) in [7, 11) is 11.5. The lowest BCUT2D eigenvalue weighted by molar-refractivity contribution is -0.0267. The highest BCUT2D eigenvalue weighted by atomic mass is 16.6. The Kier molecular flexibility index (Phi) is 20.9. The van der Waals surface area contributed by atoms with Gasteiger partial charge in [-0.2, -0.15) is 0 Å². The molecule has 2 aliphatic rings. The SMILES string of the molecule is CC(=O)c1ccc(C(C)=O)cc1.CO[C@H]1CO[C@H]2[C@@H]1OC[C@H]2OC.COc1ccc(C(C)=O)cc1.COc1ccc(OC)c(C)c1.COc1ccccc1OC. The van der Waals surface area contributed by atoms with Gasteiger partial charge in [0.2, 0.25) is 0 Å². The number of methoxy groups -OCH3 is 7. The zero-order valence-electron chi connectivity index (χ0n) is 34.3. The van der Waals surface area contributed by atoms with Crippen molar-refractivity contribution in [2.24, 2.45) is 0 Å². The van der Waals surface area contributed by atoms with Crippen LogP contribution in [0.2, 0.25) is 0 Å². The molecule has 0 unspecified atom stereocenters. The molecule has 12 heteroatoms. The number of Topliss-reactive ketones (excluding diaryl/α,β-unsaturated/α-hetero) is 3. The third-order valence-corrected chi connectivity index (χ3v) is 8.65. The summed E-state index contributed by atoms with van der Waals surface area (Å²) in [5.74, 6) is 4.18. The quantitative estimate of drug-likeness (QED) is 0.148. The lowest BCUT2D eigenvalue weighted by Crippen LogP contribution is -2.32. The molecule has 4 atom stereocenters. The lowest BCUT2D eigenvalue weighted by atomic mass is 10.1. The fraction of sp³-hybridized carbons (Fsp3) is 0.386. The van der Waals surface area contributed by atoms with Crippen LogP contribution >= 0.6 is 0 Å². The maximum Gasteiger partial charge on any atom is 0.160 e. The minimum absolute atomic E-state index is 0.0186. The van der Waals surface area contributed by atoms with Crippen LogP contribution in [0, 0.1) is 6.92 Å². The largest absolute Gasteiger partial charge is 0.497 e. The zero-order chi connectivity index (χ0) is 41.6. The Labute approximate surface area is 330 Å². The van der Waals surface area contributed by atoms with E-state index in [-0.39, 0.29) is 41.8 Å². The summed E-state index contributed by atoms with van der Waals surface area (Å²) < 4.78 is 46.5. The second-order valence-electron chi connectivity index (χ2n) is 12.3. The van der Waals surface area contributed by atoms with Gasteiger partial charge in [-0.25, -0.2) is 0 Å². The summed E-state index contributed by atoms with van der Waals surface area (Å²) >= 11 is 0. The summed E-state index contributed by atoms with van der Waals surface area (Å²) in [6, 6.07) is 27.0. The highest BCUT2D eigenvalue weighted by Gasteiger charge is 2.48. The first-order valence-electron chi connectivity index (χ1n) is 17.8. The molecule has 4 aromatic rings. The van der Waals surface area contributed by atoms with Crippen molar-refractivity contribution in [1.29, 1.82) is 0 Å². The number of ketones is 3. The maximum atomic E-state index is 10.8. The summed E-state index contributed by atoms with van der Waals surface area (Å²) in [4.78, 5) is 32.5. The number of para-hydroxylation sites is 2. The average Bonchev–Trinajstić information content (AvgIpc) is 3.84. The van der Waals surface area contributed by atoms with Crippen LogP contribution in [-0.4, -0.2) is 105 Å². The molecule has 0 radical (unpaired) electrons. The Hall–Kier alpha value is -5.27. The van der Waals surface area contributed by atoms with Gasteiger partial charge in [0, 0.05) is 30.9 Å². The molecule has 0 amide bonds. The molecule has 0 spiro atoms. The van der Waals surface area contributed by atoms with Crippen molar-refractivity contribution < 1.29 is 57.0 Å². The third-order valence-electron chi connectivity index (χ3n) is 8.65. The summed E-state index contributed by atoms with van der Waals surface area (Å²) in [5, 5.41) is 0. The first-order valence-corrected chi connectivity index (χ1v) is 17.8. The van der Waals surface area contributed by atoms with Gasteiger partial charge < -0.3 is 42.6 Å². The van der Waals surface area contributed by atoms with E-state index < -0.39 is 0 Å². The minimum Gasteiger partial charge on any atom is -0.497 e. The molecule has 4 aromatic carbocycles. The van der Waals surface area contributed by atoms with Crippen molar-refractivity contribution in [3.8, 4) is 28.7 Å². The van der Waals surface area contributed by atoms with E-state index in [1.165, 1.54) is 13.8 Å². The molecule has 2 fully saturated rings. The standard InChI is InChI=1S/C10H10O2.C9H12O2.C9H10O2.C8H14O4.C8H10O2/c1-7(11)9-3-5-10(6-4-9)8(2)12;1-7-6-8(10-2)4-5-9(7)11-3;1-7(10)8-3-5-9(11-2)6-4-8;1-9-5-3-11-8-6(10-2)4-12-7(5)8;1-9-7-5-3-4-6-8(7)10-2/h3-6H,1-2H3;4-6H,1-3H3;3-6H,1-2H3;5-8H,3-4H2,1-2H3;3-6H,1-2H3/t;;;5-,6+,7-,8-;/m...1./s1. The first kappa shape index (κ1) is 46.9. The van der Waals surface area contributed by atoms with Crippen molar-refractivity contribution in [3.05, 3.63) is 113 Å². The van der Waals surface area contributed by atoms with Crippen LogP contribution in [0.5, 0.6) is 28.7 Å². The molecule has 304 valence electrons. The average molecular weight is 777 g/mol. The number of rotatable bonds is 10.